The van der Waals surface area contributed by atoms with Crippen molar-refractivity contribution >= 4 is 11.9 Å². The normalized spacial score (nSPS) is 32.2. The number of amides is 1. The van der Waals surface area contributed by atoms with E-state index in [0.29, 0.717) is 19.4 Å². The van der Waals surface area contributed by atoms with E-state index in [4.69, 9.17) is 9.84 Å². The van der Waals surface area contributed by atoms with Crippen LogP contribution in [0.3, 0.4) is 0 Å². The van der Waals surface area contributed by atoms with E-state index in [2.05, 4.69) is 29.2 Å². The molecule has 0 spiro atoms. The number of carboxylic acids is 1. The molecule has 0 saturated carbocycles. The maximum Gasteiger partial charge on any atom is 0.332 e. The number of likely N-dealkylation sites (N-methyl/N-ethyl adjacent to an activating group) is 2. The molecule has 2 rings (SSSR count). The lowest BCUT2D eigenvalue weighted by atomic mass is 10.1. The zero-order valence-electron chi connectivity index (χ0n) is 12.0. The second-order valence-corrected chi connectivity index (χ2v) is 5.67. The van der Waals surface area contributed by atoms with E-state index in [1.165, 1.54) is 0 Å². The maximum absolute atomic E-state index is 12.0. The summed E-state index contributed by atoms with van der Waals surface area (Å²) in [5.74, 6) is -1.19. The molecule has 2 fully saturated rings. The second-order valence-electron chi connectivity index (χ2n) is 5.67. The first-order valence-corrected chi connectivity index (χ1v) is 7.02. The molecule has 0 aromatic carbocycles. The van der Waals surface area contributed by atoms with Gasteiger partial charge in [-0.05, 0) is 26.9 Å². The Labute approximate surface area is 118 Å². The van der Waals surface area contributed by atoms with E-state index in [9.17, 15) is 9.59 Å². The third kappa shape index (κ3) is 3.68. The summed E-state index contributed by atoms with van der Waals surface area (Å²) >= 11 is 0. The molecular weight excluding hydrogens is 262 g/mol. The van der Waals surface area contributed by atoms with Crippen LogP contribution in [0.5, 0.6) is 0 Å². The van der Waals surface area contributed by atoms with Crippen LogP contribution in [0.2, 0.25) is 0 Å². The lowest BCUT2D eigenvalue weighted by Gasteiger charge is -2.37. The van der Waals surface area contributed by atoms with Crippen LogP contribution in [-0.4, -0.2) is 85.3 Å². The average Bonchev–Trinajstić information content (AvgIpc) is 2.89. The van der Waals surface area contributed by atoms with Gasteiger partial charge in [-0.15, -0.1) is 0 Å². The molecular formula is C13H23N3O4. The Morgan fingerprint density at radius 1 is 1.25 bits per heavy atom. The summed E-state index contributed by atoms with van der Waals surface area (Å²) in [5, 5.41) is 11.7. The number of nitrogens with one attached hydrogen (secondary N) is 1. The highest BCUT2D eigenvalue weighted by atomic mass is 16.5. The van der Waals surface area contributed by atoms with Crippen molar-refractivity contribution in [3.63, 3.8) is 0 Å². The SMILES string of the molecule is CN1CCN(C)C(CNC(=O)[C@@H]2CC[C@H](C(=O)O)O2)C1. The van der Waals surface area contributed by atoms with E-state index >= 15 is 0 Å². The molecule has 0 aromatic rings. The number of hydrogen-bond donors (Lipinski definition) is 2. The zero-order chi connectivity index (χ0) is 14.7. The molecule has 0 aliphatic carbocycles. The van der Waals surface area contributed by atoms with Gasteiger partial charge in [-0.25, -0.2) is 4.79 Å². The van der Waals surface area contributed by atoms with Crippen molar-refractivity contribution in [1.82, 2.24) is 15.1 Å². The third-order valence-electron chi connectivity index (χ3n) is 4.08. The smallest absolute Gasteiger partial charge is 0.332 e. The van der Waals surface area contributed by atoms with Crippen LogP contribution in [0.4, 0.5) is 0 Å². The van der Waals surface area contributed by atoms with Crippen LogP contribution in [-0.2, 0) is 14.3 Å². The molecule has 2 heterocycles. The van der Waals surface area contributed by atoms with E-state index < -0.39 is 18.2 Å². The van der Waals surface area contributed by atoms with Crippen molar-refractivity contribution in [1.29, 1.82) is 0 Å². The predicted molar refractivity (Wildman–Crippen MR) is 72.5 cm³/mol. The van der Waals surface area contributed by atoms with Gasteiger partial charge in [0.05, 0.1) is 0 Å². The number of piperazine rings is 1. The lowest BCUT2D eigenvalue weighted by molar-refractivity contribution is -0.151. The van der Waals surface area contributed by atoms with Gasteiger partial charge >= 0.3 is 5.97 Å². The molecule has 1 amide bonds. The molecule has 7 heteroatoms. The van der Waals surface area contributed by atoms with Gasteiger partial charge in [-0.1, -0.05) is 0 Å². The summed E-state index contributed by atoms with van der Waals surface area (Å²) in [4.78, 5) is 27.2. The van der Waals surface area contributed by atoms with Crippen LogP contribution >= 0.6 is 0 Å². The van der Waals surface area contributed by atoms with E-state index in [0.717, 1.165) is 19.6 Å². The van der Waals surface area contributed by atoms with Crippen LogP contribution in [0.15, 0.2) is 0 Å². The largest absolute Gasteiger partial charge is 0.479 e. The Morgan fingerprint density at radius 2 is 1.95 bits per heavy atom. The standard InChI is InChI=1S/C13H23N3O4/c1-15-5-6-16(2)9(8-15)7-14-12(17)10-3-4-11(20-10)13(18)19/h9-11H,3-8H2,1-2H3,(H,14,17)(H,18,19)/t9?,10-,11+/m0/s1. The monoisotopic (exact) mass is 285 g/mol. The van der Waals surface area contributed by atoms with Crippen molar-refractivity contribution in [3.8, 4) is 0 Å². The molecule has 114 valence electrons. The minimum atomic E-state index is -0.992. The number of aliphatic carboxylic acids is 1. The molecule has 2 aliphatic rings. The summed E-state index contributed by atoms with van der Waals surface area (Å²) < 4.78 is 5.24. The molecule has 1 unspecified atom stereocenters. The lowest BCUT2D eigenvalue weighted by Crippen LogP contribution is -2.55. The van der Waals surface area contributed by atoms with Crippen molar-refractivity contribution in [3.05, 3.63) is 0 Å². The first-order valence-electron chi connectivity index (χ1n) is 7.02. The first kappa shape index (κ1) is 15.2. The maximum atomic E-state index is 12.0. The molecule has 7 nitrogen and oxygen atoms in total. The Kier molecular flexibility index (Phi) is 4.95. The van der Waals surface area contributed by atoms with Crippen LogP contribution in [0, 0.1) is 0 Å². The molecule has 0 radical (unpaired) electrons. The number of ether oxygens (including phenoxy) is 1. The quantitative estimate of drug-likeness (QED) is 0.688. The van der Waals surface area contributed by atoms with Gasteiger partial charge in [0.2, 0.25) is 5.91 Å². The molecule has 2 N–H and O–H groups in total. The van der Waals surface area contributed by atoms with Crippen molar-refractivity contribution in [2.75, 3.05) is 40.3 Å². The second kappa shape index (κ2) is 6.51. The van der Waals surface area contributed by atoms with Crippen molar-refractivity contribution in [2.24, 2.45) is 0 Å². The molecule has 2 saturated heterocycles. The molecule has 0 aromatic heterocycles. The number of rotatable bonds is 4. The summed E-state index contributed by atoms with van der Waals surface area (Å²) in [6.45, 7) is 3.50. The van der Waals surface area contributed by atoms with Gasteiger partial charge in [-0.2, -0.15) is 0 Å². The minimum Gasteiger partial charge on any atom is -0.479 e. The van der Waals surface area contributed by atoms with E-state index in [1.54, 1.807) is 0 Å². The molecule has 3 atom stereocenters. The molecule has 0 bridgehead atoms. The number of hydrogen-bond acceptors (Lipinski definition) is 5. The Morgan fingerprint density at radius 3 is 2.60 bits per heavy atom. The molecule has 2 aliphatic heterocycles. The van der Waals surface area contributed by atoms with Crippen molar-refractivity contribution in [2.45, 2.75) is 31.1 Å². The fraction of sp³-hybridized carbons (Fsp3) is 0.846. The zero-order valence-corrected chi connectivity index (χ0v) is 12.0. The average molecular weight is 285 g/mol. The number of carbonyl (C=O) groups is 2. The fourth-order valence-electron chi connectivity index (χ4n) is 2.67. The third-order valence-corrected chi connectivity index (χ3v) is 4.08. The summed E-state index contributed by atoms with van der Waals surface area (Å²) in [6, 6.07) is 0.286. The first-order chi connectivity index (χ1) is 9.47. The van der Waals surface area contributed by atoms with E-state index in [-0.39, 0.29) is 11.9 Å². The molecule has 20 heavy (non-hydrogen) atoms. The number of carboxylic acid groups (broad SMARTS) is 1. The highest BCUT2D eigenvalue weighted by molar-refractivity contribution is 5.82. The Hall–Kier alpha value is -1.18. The van der Waals surface area contributed by atoms with E-state index in [1.807, 2.05) is 0 Å². The van der Waals surface area contributed by atoms with Crippen LogP contribution < -0.4 is 5.32 Å². The summed E-state index contributed by atoms with van der Waals surface area (Å²) in [6.07, 6.45) is -0.583. The minimum absolute atomic E-state index is 0.199. The van der Waals surface area contributed by atoms with Crippen molar-refractivity contribution < 1.29 is 19.4 Å². The summed E-state index contributed by atoms with van der Waals surface area (Å²) in [7, 11) is 4.12. The predicted octanol–water partition coefficient (Wildman–Crippen LogP) is -1.02. The van der Waals surface area contributed by atoms with Crippen LogP contribution in [0.1, 0.15) is 12.8 Å². The van der Waals surface area contributed by atoms with Crippen LogP contribution in [0.25, 0.3) is 0 Å². The van der Waals surface area contributed by atoms with Gasteiger partial charge in [0.15, 0.2) is 6.10 Å². The van der Waals surface area contributed by atoms with Gasteiger partial charge in [0.25, 0.3) is 0 Å². The van der Waals surface area contributed by atoms with Gasteiger partial charge in [0, 0.05) is 32.2 Å². The van der Waals surface area contributed by atoms with Gasteiger partial charge in [-0.3, -0.25) is 9.69 Å². The number of carbonyl (C=O) groups excluding carboxylic acids is 1. The Balaban J connectivity index is 1.76. The van der Waals surface area contributed by atoms with Gasteiger partial charge in [0.1, 0.15) is 6.10 Å². The number of nitrogens with zero attached hydrogens (tertiary/aromatic N) is 2. The van der Waals surface area contributed by atoms with Gasteiger partial charge < -0.3 is 20.1 Å². The topological polar surface area (TPSA) is 82.1 Å². The fourth-order valence-corrected chi connectivity index (χ4v) is 2.67. The summed E-state index contributed by atoms with van der Waals surface area (Å²) in [5.41, 5.74) is 0. The Bertz CT molecular complexity index is 377. The highest BCUT2D eigenvalue weighted by Gasteiger charge is 2.35. The highest BCUT2D eigenvalue weighted by Crippen LogP contribution is 2.20.